The van der Waals surface area contributed by atoms with E-state index in [9.17, 15) is 4.39 Å². The Morgan fingerprint density at radius 2 is 1.81 bits per heavy atom. The largest absolute Gasteiger partial charge is 0.253 e. The molecular formula is C14H16FN. The van der Waals surface area contributed by atoms with E-state index in [0.717, 1.165) is 16.6 Å². The molecule has 84 valence electrons. The number of nitrogens with zero attached hydrogens (tertiary/aromatic N) is 1. The normalized spacial score (nSPS) is 12.1. The van der Waals surface area contributed by atoms with Gasteiger partial charge in [-0.25, -0.2) is 4.39 Å². The molecule has 0 atom stereocenters. The Labute approximate surface area is 95.3 Å². The predicted octanol–water partition coefficient (Wildman–Crippen LogP) is 3.98. The Morgan fingerprint density at radius 1 is 1.12 bits per heavy atom. The molecule has 0 N–H and O–H groups in total. The molecule has 2 heteroatoms. The minimum Gasteiger partial charge on any atom is -0.253 e. The van der Waals surface area contributed by atoms with Gasteiger partial charge in [-0.2, -0.15) is 0 Å². The maximum atomic E-state index is 13.1. The lowest BCUT2D eigenvalue weighted by molar-refractivity contribution is 0.583. The highest BCUT2D eigenvalue weighted by Gasteiger charge is 2.17. The van der Waals surface area contributed by atoms with Crippen molar-refractivity contribution < 1.29 is 4.39 Å². The van der Waals surface area contributed by atoms with Crippen molar-refractivity contribution in [1.82, 2.24) is 4.98 Å². The van der Waals surface area contributed by atoms with Gasteiger partial charge in [0.25, 0.3) is 0 Å². The number of hydrogen-bond donors (Lipinski definition) is 0. The lowest BCUT2D eigenvalue weighted by atomic mass is 9.85. The number of fused-ring (bicyclic) bond motifs is 1. The molecule has 0 radical (unpaired) electrons. The quantitative estimate of drug-likeness (QED) is 0.650. The summed E-state index contributed by atoms with van der Waals surface area (Å²) in [6, 6.07) is 6.85. The molecule has 0 fully saturated rings. The van der Waals surface area contributed by atoms with Gasteiger partial charge in [0.2, 0.25) is 0 Å². The summed E-state index contributed by atoms with van der Waals surface area (Å²) in [5, 5.41) is 0.997. The zero-order valence-electron chi connectivity index (χ0n) is 10.1. The molecule has 0 aliphatic rings. The van der Waals surface area contributed by atoms with E-state index in [1.807, 2.05) is 6.92 Å². The second kappa shape index (κ2) is 3.55. The standard InChI is InChI=1S/C14H16FN/c1-9-12(14(2,3)4)7-10-5-6-11(15)8-13(10)16-9/h5-8H,1-4H3. The lowest BCUT2D eigenvalue weighted by Gasteiger charge is -2.21. The first-order valence-corrected chi connectivity index (χ1v) is 5.45. The number of hydrogen-bond acceptors (Lipinski definition) is 1. The third-order valence-electron chi connectivity index (χ3n) is 2.78. The second-order valence-corrected chi connectivity index (χ2v) is 5.21. The van der Waals surface area contributed by atoms with E-state index in [4.69, 9.17) is 0 Å². The Kier molecular flexibility index (Phi) is 2.45. The van der Waals surface area contributed by atoms with E-state index >= 15 is 0 Å². The van der Waals surface area contributed by atoms with E-state index in [2.05, 4.69) is 31.8 Å². The lowest BCUT2D eigenvalue weighted by Crippen LogP contribution is -2.14. The molecule has 1 aromatic heterocycles. The molecule has 1 aromatic carbocycles. The number of aryl methyl sites for hydroxylation is 1. The number of aromatic nitrogens is 1. The van der Waals surface area contributed by atoms with Crippen molar-refractivity contribution in [2.24, 2.45) is 0 Å². The molecule has 0 bridgehead atoms. The highest BCUT2D eigenvalue weighted by molar-refractivity contribution is 5.79. The number of rotatable bonds is 0. The van der Waals surface area contributed by atoms with Gasteiger partial charge in [-0.05, 0) is 36.1 Å². The van der Waals surface area contributed by atoms with Crippen LogP contribution in [0, 0.1) is 12.7 Å². The Balaban J connectivity index is 2.72. The first-order valence-electron chi connectivity index (χ1n) is 5.45. The summed E-state index contributed by atoms with van der Waals surface area (Å²) in [6.45, 7) is 8.45. The summed E-state index contributed by atoms with van der Waals surface area (Å²) >= 11 is 0. The third-order valence-corrected chi connectivity index (χ3v) is 2.78. The summed E-state index contributed by atoms with van der Waals surface area (Å²) in [4.78, 5) is 4.46. The van der Waals surface area contributed by atoms with Crippen LogP contribution in [0.4, 0.5) is 4.39 Å². The van der Waals surface area contributed by atoms with Crippen LogP contribution in [0.25, 0.3) is 10.9 Å². The van der Waals surface area contributed by atoms with Gasteiger partial charge in [0, 0.05) is 17.1 Å². The smallest absolute Gasteiger partial charge is 0.125 e. The van der Waals surface area contributed by atoms with Gasteiger partial charge in [0.05, 0.1) is 5.52 Å². The van der Waals surface area contributed by atoms with E-state index in [1.54, 1.807) is 6.07 Å². The van der Waals surface area contributed by atoms with Crippen LogP contribution in [0.15, 0.2) is 24.3 Å². The zero-order valence-corrected chi connectivity index (χ0v) is 10.1. The van der Waals surface area contributed by atoms with Crippen LogP contribution >= 0.6 is 0 Å². The fraction of sp³-hybridized carbons (Fsp3) is 0.357. The fourth-order valence-electron chi connectivity index (χ4n) is 2.00. The van der Waals surface area contributed by atoms with Gasteiger partial charge < -0.3 is 0 Å². The minimum absolute atomic E-state index is 0.0691. The molecule has 0 saturated heterocycles. The average Bonchev–Trinajstić information content (AvgIpc) is 2.14. The summed E-state index contributed by atoms with van der Waals surface area (Å²) in [5.74, 6) is -0.233. The molecule has 1 nitrogen and oxygen atoms in total. The molecule has 0 amide bonds. The SMILES string of the molecule is Cc1nc2cc(F)ccc2cc1C(C)(C)C. The van der Waals surface area contributed by atoms with Gasteiger partial charge in [-0.3, -0.25) is 4.98 Å². The number of halogens is 1. The van der Waals surface area contributed by atoms with Crippen LogP contribution < -0.4 is 0 Å². The molecule has 2 aromatic rings. The van der Waals surface area contributed by atoms with Gasteiger partial charge in [-0.15, -0.1) is 0 Å². The molecule has 0 unspecified atom stereocenters. The highest BCUT2D eigenvalue weighted by atomic mass is 19.1. The van der Waals surface area contributed by atoms with Crippen molar-refractivity contribution in [2.75, 3.05) is 0 Å². The van der Waals surface area contributed by atoms with E-state index in [-0.39, 0.29) is 11.2 Å². The van der Waals surface area contributed by atoms with Crippen LogP contribution in [0.3, 0.4) is 0 Å². The molecule has 0 aliphatic carbocycles. The molecule has 2 rings (SSSR count). The van der Waals surface area contributed by atoms with Crippen molar-refractivity contribution >= 4 is 10.9 Å². The van der Waals surface area contributed by atoms with Crippen LogP contribution in [0.1, 0.15) is 32.0 Å². The molecule has 0 aliphatic heterocycles. The van der Waals surface area contributed by atoms with Crippen molar-refractivity contribution in [3.63, 3.8) is 0 Å². The van der Waals surface area contributed by atoms with Crippen molar-refractivity contribution in [2.45, 2.75) is 33.1 Å². The summed E-state index contributed by atoms with van der Waals surface area (Å²) in [6.07, 6.45) is 0. The predicted molar refractivity (Wildman–Crippen MR) is 65.1 cm³/mol. The first-order chi connectivity index (χ1) is 7.38. The minimum atomic E-state index is -0.233. The van der Waals surface area contributed by atoms with Crippen LogP contribution in [0.5, 0.6) is 0 Å². The first kappa shape index (κ1) is 11.1. The van der Waals surface area contributed by atoms with Gasteiger partial charge in [-0.1, -0.05) is 20.8 Å². The van der Waals surface area contributed by atoms with Crippen LogP contribution in [-0.4, -0.2) is 4.98 Å². The van der Waals surface area contributed by atoms with Gasteiger partial charge in [0.15, 0.2) is 0 Å². The molecule has 0 spiro atoms. The van der Waals surface area contributed by atoms with Crippen molar-refractivity contribution in [1.29, 1.82) is 0 Å². The molecule has 0 saturated carbocycles. The monoisotopic (exact) mass is 217 g/mol. The molecule has 1 heterocycles. The zero-order chi connectivity index (χ0) is 11.9. The van der Waals surface area contributed by atoms with Crippen LogP contribution in [0.2, 0.25) is 0 Å². The number of pyridine rings is 1. The summed E-state index contributed by atoms with van der Waals surface area (Å²) < 4.78 is 13.1. The van der Waals surface area contributed by atoms with Crippen molar-refractivity contribution in [3.05, 3.63) is 41.3 Å². The fourth-order valence-corrected chi connectivity index (χ4v) is 2.00. The van der Waals surface area contributed by atoms with Gasteiger partial charge >= 0.3 is 0 Å². The molecule has 16 heavy (non-hydrogen) atoms. The third kappa shape index (κ3) is 1.92. The van der Waals surface area contributed by atoms with E-state index < -0.39 is 0 Å². The van der Waals surface area contributed by atoms with Crippen molar-refractivity contribution in [3.8, 4) is 0 Å². The maximum absolute atomic E-state index is 13.1. The average molecular weight is 217 g/mol. The van der Waals surface area contributed by atoms with E-state index in [1.165, 1.54) is 17.7 Å². The summed E-state index contributed by atoms with van der Waals surface area (Å²) in [5.41, 5.74) is 2.99. The molecular weight excluding hydrogens is 201 g/mol. The van der Waals surface area contributed by atoms with Gasteiger partial charge in [0.1, 0.15) is 5.82 Å². The summed E-state index contributed by atoms with van der Waals surface area (Å²) in [7, 11) is 0. The Morgan fingerprint density at radius 3 is 2.44 bits per heavy atom. The topological polar surface area (TPSA) is 12.9 Å². The number of benzene rings is 1. The second-order valence-electron chi connectivity index (χ2n) is 5.21. The van der Waals surface area contributed by atoms with Crippen LogP contribution in [-0.2, 0) is 5.41 Å². The Hall–Kier alpha value is -1.44. The highest BCUT2D eigenvalue weighted by Crippen LogP contribution is 2.27. The maximum Gasteiger partial charge on any atom is 0.125 e. The van der Waals surface area contributed by atoms with E-state index in [0.29, 0.717) is 0 Å². The Bertz CT molecular complexity index is 538.